The Labute approximate surface area is 152 Å². The Balaban J connectivity index is 1.52. The van der Waals surface area contributed by atoms with E-state index in [1.807, 2.05) is 45.5 Å². The van der Waals surface area contributed by atoms with Crippen LogP contribution in [0.15, 0.2) is 47.8 Å². The van der Waals surface area contributed by atoms with Crippen molar-refractivity contribution in [3.63, 3.8) is 0 Å². The lowest BCUT2D eigenvalue weighted by atomic mass is 9.89. The van der Waals surface area contributed by atoms with Crippen LogP contribution in [0.4, 0.5) is 0 Å². The standard InChI is InChI=1S/C20H22N2O2S/c1-14(23)22-12-16-11-21(19(24)10-17-8-5-9-25-17)13-18(16)20(22)15-6-3-2-4-7-15/h2-9,16,18,20H,10-13H2,1H3/t16-,18-,20-/m1/s1. The molecule has 0 N–H and O–H groups in total. The van der Waals surface area contributed by atoms with Crippen molar-refractivity contribution in [3.05, 3.63) is 58.3 Å². The van der Waals surface area contributed by atoms with Crippen LogP contribution in [-0.2, 0) is 16.0 Å². The molecule has 4 rings (SSSR count). The molecule has 1 aromatic heterocycles. The first-order valence-electron chi connectivity index (χ1n) is 8.76. The van der Waals surface area contributed by atoms with Gasteiger partial charge >= 0.3 is 0 Å². The first kappa shape index (κ1) is 16.3. The number of thiophene rings is 1. The van der Waals surface area contributed by atoms with Gasteiger partial charge in [0.2, 0.25) is 11.8 Å². The SMILES string of the molecule is CC(=O)N1C[C@H]2CN(C(=O)Cc3cccs3)C[C@H]2[C@H]1c1ccccc1. The highest BCUT2D eigenvalue weighted by molar-refractivity contribution is 7.10. The second kappa shape index (κ2) is 6.64. The number of carbonyl (C=O) groups is 2. The minimum atomic E-state index is 0.0863. The van der Waals surface area contributed by atoms with Crippen LogP contribution < -0.4 is 0 Å². The molecule has 3 heterocycles. The summed E-state index contributed by atoms with van der Waals surface area (Å²) in [6.45, 7) is 3.92. The van der Waals surface area contributed by atoms with Gasteiger partial charge in [0.25, 0.3) is 0 Å². The zero-order valence-corrected chi connectivity index (χ0v) is 15.1. The molecule has 130 valence electrons. The molecule has 2 aliphatic heterocycles. The lowest BCUT2D eigenvalue weighted by Crippen LogP contribution is -2.37. The van der Waals surface area contributed by atoms with Gasteiger partial charge in [0.05, 0.1) is 12.5 Å². The number of likely N-dealkylation sites (tertiary alicyclic amines) is 2. The fraction of sp³-hybridized carbons (Fsp3) is 0.400. The van der Waals surface area contributed by atoms with E-state index in [4.69, 9.17) is 0 Å². The quantitative estimate of drug-likeness (QED) is 0.850. The maximum atomic E-state index is 12.7. The summed E-state index contributed by atoms with van der Waals surface area (Å²) >= 11 is 1.63. The number of rotatable bonds is 3. The van der Waals surface area contributed by atoms with Crippen LogP contribution in [0.5, 0.6) is 0 Å². The molecule has 0 bridgehead atoms. The molecule has 2 amide bonds. The summed E-state index contributed by atoms with van der Waals surface area (Å²) < 4.78 is 0. The van der Waals surface area contributed by atoms with Gasteiger partial charge in [-0.2, -0.15) is 0 Å². The minimum absolute atomic E-state index is 0.0863. The van der Waals surface area contributed by atoms with Crippen molar-refractivity contribution < 1.29 is 9.59 Å². The fourth-order valence-corrected chi connectivity index (χ4v) is 5.02. The maximum absolute atomic E-state index is 12.7. The minimum Gasteiger partial charge on any atom is -0.342 e. The molecule has 0 saturated carbocycles. The van der Waals surface area contributed by atoms with E-state index in [2.05, 4.69) is 12.1 Å². The lowest BCUT2D eigenvalue weighted by Gasteiger charge is -2.29. The number of carbonyl (C=O) groups excluding carboxylic acids is 2. The second-order valence-electron chi connectivity index (χ2n) is 7.01. The van der Waals surface area contributed by atoms with Gasteiger partial charge in [0.1, 0.15) is 0 Å². The smallest absolute Gasteiger partial charge is 0.227 e. The van der Waals surface area contributed by atoms with E-state index in [9.17, 15) is 9.59 Å². The number of fused-ring (bicyclic) bond motifs is 1. The summed E-state index contributed by atoms with van der Waals surface area (Å²) in [6, 6.07) is 14.3. The van der Waals surface area contributed by atoms with Crippen LogP contribution in [0.3, 0.4) is 0 Å². The topological polar surface area (TPSA) is 40.6 Å². The summed E-state index contributed by atoms with van der Waals surface area (Å²) in [7, 11) is 0. The van der Waals surface area contributed by atoms with Gasteiger partial charge in [0.15, 0.2) is 0 Å². The van der Waals surface area contributed by atoms with E-state index in [0.29, 0.717) is 18.3 Å². The number of amides is 2. The van der Waals surface area contributed by atoms with Gasteiger partial charge in [-0.1, -0.05) is 36.4 Å². The van der Waals surface area contributed by atoms with Crippen molar-refractivity contribution in [2.24, 2.45) is 11.8 Å². The molecular formula is C20H22N2O2S. The van der Waals surface area contributed by atoms with Crippen molar-refractivity contribution >= 4 is 23.2 Å². The molecule has 0 unspecified atom stereocenters. The summed E-state index contributed by atoms with van der Waals surface area (Å²) in [5.74, 6) is 1.04. The third-order valence-corrected chi connectivity index (χ3v) is 6.34. The van der Waals surface area contributed by atoms with Crippen molar-refractivity contribution in [1.82, 2.24) is 9.80 Å². The Morgan fingerprint density at radius 1 is 1.08 bits per heavy atom. The third-order valence-electron chi connectivity index (χ3n) is 5.47. The van der Waals surface area contributed by atoms with Crippen LogP contribution in [0.2, 0.25) is 0 Å². The highest BCUT2D eigenvalue weighted by Gasteiger charge is 2.49. The molecular weight excluding hydrogens is 332 g/mol. The Hall–Kier alpha value is -2.14. The average Bonchev–Trinajstić information content (AvgIpc) is 3.30. The molecule has 0 radical (unpaired) electrons. The van der Waals surface area contributed by atoms with Crippen molar-refractivity contribution in [2.75, 3.05) is 19.6 Å². The van der Waals surface area contributed by atoms with Crippen LogP contribution in [0.1, 0.15) is 23.4 Å². The lowest BCUT2D eigenvalue weighted by molar-refractivity contribution is -0.131. The van der Waals surface area contributed by atoms with Gasteiger partial charge in [-0.25, -0.2) is 0 Å². The monoisotopic (exact) mass is 354 g/mol. The molecule has 0 aliphatic carbocycles. The molecule has 2 aromatic rings. The van der Waals surface area contributed by atoms with Crippen molar-refractivity contribution in [3.8, 4) is 0 Å². The molecule has 4 nitrogen and oxygen atoms in total. The highest BCUT2D eigenvalue weighted by Crippen LogP contribution is 2.45. The molecule has 2 fully saturated rings. The van der Waals surface area contributed by atoms with Gasteiger partial charge in [-0.05, 0) is 17.0 Å². The van der Waals surface area contributed by atoms with Gasteiger partial charge in [-0.3, -0.25) is 9.59 Å². The summed E-state index contributed by atoms with van der Waals surface area (Å²) in [4.78, 5) is 29.9. The number of benzene rings is 1. The normalized spacial score (nSPS) is 25.2. The van der Waals surface area contributed by atoms with Gasteiger partial charge in [-0.15, -0.1) is 11.3 Å². The predicted octanol–water partition coefficient (Wildman–Crippen LogP) is 2.97. The Morgan fingerprint density at radius 2 is 1.88 bits per heavy atom. The fourth-order valence-electron chi connectivity index (χ4n) is 4.32. The summed E-state index contributed by atoms with van der Waals surface area (Å²) in [5.41, 5.74) is 1.18. The van der Waals surface area contributed by atoms with Crippen LogP contribution in [0, 0.1) is 11.8 Å². The number of hydrogen-bond donors (Lipinski definition) is 0. The largest absolute Gasteiger partial charge is 0.342 e. The highest BCUT2D eigenvalue weighted by atomic mass is 32.1. The summed E-state index contributed by atoms with van der Waals surface area (Å²) in [5, 5.41) is 2.01. The number of nitrogens with zero attached hydrogens (tertiary/aromatic N) is 2. The Kier molecular flexibility index (Phi) is 4.34. The predicted molar refractivity (Wildman–Crippen MR) is 98.2 cm³/mol. The van der Waals surface area contributed by atoms with Crippen LogP contribution in [0.25, 0.3) is 0 Å². The van der Waals surface area contributed by atoms with E-state index in [0.717, 1.165) is 24.5 Å². The molecule has 3 atom stereocenters. The van der Waals surface area contributed by atoms with E-state index in [1.165, 1.54) is 5.56 Å². The zero-order valence-electron chi connectivity index (χ0n) is 14.3. The number of hydrogen-bond acceptors (Lipinski definition) is 3. The van der Waals surface area contributed by atoms with E-state index >= 15 is 0 Å². The molecule has 2 aliphatic rings. The molecule has 0 spiro atoms. The first-order chi connectivity index (χ1) is 12.1. The Morgan fingerprint density at radius 3 is 2.56 bits per heavy atom. The van der Waals surface area contributed by atoms with E-state index in [1.54, 1.807) is 18.3 Å². The first-order valence-corrected chi connectivity index (χ1v) is 9.64. The van der Waals surface area contributed by atoms with Crippen LogP contribution >= 0.6 is 11.3 Å². The van der Waals surface area contributed by atoms with Gasteiger partial charge < -0.3 is 9.80 Å². The Bertz CT molecular complexity index is 759. The van der Waals surface area contributed by atoms with E-state index < -0.39 is 0 Å². The third kappa shape index (κ3) is 3.09. The average molecular weight is 354 g/mol. The van der Waals surface area contributed by atoms with Crippen LogP contribution in [-0.4, -0.2) is 41.2 Å². The maximum Gasteiger partial charge on any atom is 0.227 e. The van der Waals surface area contributed by atoms with E-state index in [-0.39, 0.29) is 17.9 Å². The molecule has 5 heteroatoms. The molecule has 25 heavy (non-hydrogen) atoms. The second-order valence-corrected chi connectivity index (χ2v) is 8.04. The molecule has 1 aromatic carbocycles. The summed E-state index contributed by atoms with van der Waals surface area (Å²) in [6.07, 6.45) is 0.490. The van der Waals surface area contributed by atoms with Gasteiger partial charge in [0, 0.05) is 43.3 Å². The van der Waals surface area contributed by atoms with Crippen molar-refractivity contribution in [2.45, 2.75) is 19.4 Å². The zero-order chi connectivity index (χ0) is 17.4. The van der Waals surface area contributed by atoms with Crippen molar-refractivity contribution in [1.29, 1.82) is 0 Å². The molecule has 2 saturated heterocycles.